The van der Waals surface area contributed by atoms with Crippen molar-refractivity contribution in [3.63, 3.8) is 0 Å². The SMILES string of the molecule is CC(=O)N1C[C@@H]2C[C@@]3(C)[C@H](CCCC[C@@H]13)N2C(=O)COc1ccccc1Cl. The lowest BCUT2D eigenvalue weighted by Gasteiger charge is -2.46. The van der Waals surface area contributed by atoms with E-state index in [0.29, 0.717) is 17.3 Å². The third kappa shape index (κ3) is 3.10. The van der Waals surface area contributed by atoms with E-state index >= 15 is 0 Å². The number of rotatable bonds is 3. The highest BCUT2D eigenvalue weighted by Gasteiger charge is 2.60. The lowest BCUT2D eigenvalue weighted by molar-refractivity contribution is -0.139. The highest BCUT2D eigenvalue weighted by atomic mass is 35.5. The van der Waals surface area contributed by atoms with Crippen LogP contribution in [-0.4, -0.2) is 52.9 Å². The third-order valence-corrected chi connectivity index (χ3v) is 7.11. The number of hydrogen-bond donors (Lipinski definition) is 0. The summed E-state index contributed by atoms with van der Waals surface area (Å²) in [5, 5.41) is 0.509. The number of ether oxygens (including phenoxy) is 1. The maximum absolute atomic E-state index is 13.2. The van der Waals surface area contributed by atoms with Gasteiger partial charge in [-0.25, -0.2) is 0 Å². The van der Waals surface area contributed by atoms with E-state index in [1.54, 1.807) is 19.1 Å². The van der Waals surface area contributed by atoms with Crippen molar-refractivity contribution in [3.05, 3.63) is 29.3 Å². The summed E-state index contributed by atoms with van der Waals surface area (Å²) in [6.07, 6.45) is 5.24. The standard InChI is InChI=1S/C21H27ClN2O3/c1-14(25)23-12-15-11-21(2)18(23)9-5-6-10-19(21)24(15)20(26)13-27-17-8-4-3-7-16(17)22/h3-4,7-8,15,18-19H,5-6,9-13H2,1-2H3/t15-,18+,19-,21+/m0/s1. The number of likely N-dealkylation sites (tertiary alicyclic amines) is 2. The number of benzene rings is 1. The molecule has 2 heterocycles. The van der Waals surface area contributed by atoms with Crippen LogP contribution in [0.5, 0.6) is 5.75 Å². The van der Waals surface area contributed by atoms with Crippen LogP contribution in [0, 0.1) is 5.41 Å². The van der Waals surface area contributed by atoms with Crippen molar-refractivity contribution in [2.45, 2.75) is 64.1 Å². The molecule has 0 aromatic heterocycles. The Bertz CT molecular complexity index is 755. The molecule has 2 bridgehead atoms. The predicted octanol–water partition coefficient (Wildman–Crippen LogP) is 3.50. The van der Waals surface area contributed by atoms with E-state index in [4.69, 9.17) is 16.3 Å². The van der Waals surface area contributed by atoms with Crippen LogP contribution in [0.25, 0.3) is 0 Å². The number of piperidine rings is 1. The van der Waals surface area contributed by atoms with Gasteiger partial charge in [-0.15, -0.1) is 0 Å². The van der Waals surface area contributed by atoms with Crippen LogP contribution in [0.1, 0.15) is 46.0 Å². The number of halogens is 1. The van der Waals surface area contributed by atoms with E-state index in [0.717, 1.165) is 32.1 Å². The van der Waals surface area contributed by atoms with Gasteiger partial charge in [0.1, 0.15) is 5.75 Å². The van der Waals surface area contributed by atoms with Crippen LogP contribution in [0.2, 0.25) is 5.02 Å². The van der Waals surface area contributed by atoms with Crippen molar-refractivity contribution in [2.75, 3.05) is 13.2 Å². The summed E-state index contributed by atoms with van der Waals surface area (Å²) in [6, 6.07) is 7.72. The zero-order valence-electron chi connectivity index (χ0n) is 16.0. The van der Waals surface area contributed by atoms with Gasteiger partial charge >= 0.3 is 0 Å². The average Bonchev–Trinajstić information content (AvgIpc) is 2.74. The zero-order valence-corrected chi connectivity index (χ0v) is 16.7. The fraction of sp³-hybridized carbons (Fsp3) is 0.619. The van der Waals surface area contributed by atoms with E-state index in [1.807, 2.05) is 21.9 Å². The summed E-state index contributed by atoms with van der Waals surface area (Å²) in [5.74, 6) is 0.655. The fourth-order valence-corrected chi connectivity index (χ4v) is 5.86. The van der Waals surface area contributed by atoms with Gasteiger partial charge in [0.2, 0.25) is 5.91 Å². The number of para-hydroxylation sites is 1. The van der Waals surface area contributed by atoms with Crippen LogP contribution < -0.4 is 4.74 Å². The molecule has 2 saturated heterocycles. The second-order valence-electron chi connectivity index (χ2n) is 8.37. The predicted molar refractivity (Wildman–Crippen MR) is 104 cm³/mol. The Labute approximate surface area is 165 Å². The van der Waals surface area contributed by atoms with Gasteiger partial charge in [-0.1, -0.05) is 43.5 Å². The van der Waals surface area contributed by atoms with Gasteiger partial charge < -0.3 is 14.5 Å². The zero-order chi connectivity index (χ0) is 19.2. The second kappa shape index (κ2) is 7.01. The van der Waals surface area contributed by atoms with E-state index in [-0.39, 0.29) is 42.0 Å². The van der Waals surface area contributed by atoms with Crippen LogP contribution in [0.4, 0.5) is 0 Å². The molecule has 0 N–H and O–H groups in total. The quantitative estimate of drug-likeness (QED) is 0.793. The normalized spacial score (nSPS) is 32.2. The number of nitrogens with zero attached hydrogens (tertiary/aromatic N) is 2. The van der Waals surface area contributed by atoms with Gasteiger partial charge in [0.15, 0.2) is 6.61 Å². The van der Waals surface area contributed by atoms with Gasteiger partial charge in [-0.3, -0.25) is 9.59 Å². The number of fused-ring (bicyclic) bond motifs is 1. The number of amides is 2. The first-order chi connectivity index (χ1) is 12.9. The van der Waals surface area contributed by atoms with Crippen molar-refractivity contribution >= 4 is 23.4 Å². The first-order valence-corrected chi connectivity index (χ1v) is 10.3. The minimum atomic E-state index is -0.0227. The molecule has 146 valence electrons. The number of hydrogen-bond acceptors (Lipinski definition) is 3. The summed E-state index contributed by atoms with van der Waals surface area (Å²) in [7, 11) is 0. The van der Waals surface area contributed by atoms with E-state index < -0.39 is 0 Å². The molecule has 2 amide bonds. The molecular weight excluding hydrogens is 364 g/mol. The molecule has 4 atom stereocenters. The summed E-state index contributed by atoms with van der Waals surface area (Å²) >= 11 is 6.14. The largest absolute Gasteiger partial charge is 0.482 e. The van der Waals surface area contributed by atoms with E-state index in [1.165, 1.54) is 0 Å². The lowest BCUT2D eigenvalue weighted by Crippen LogP contribution is -2.55. The van der Waals surface area contributed by atoms with Crippen LogP contribution in [-0.2, 0) is 9.59 Å². The Morgan fingerprint density at radius 2 is 1.93 bits per heavy atom. The molecule has 0 radical (unpaired) electrons. The molecule has 5 nitrogen and oxygen atoms in total. The Kier molecular flexibility index (Phi) is 4.83. The summed E-state index contributed by atoms with van der Waals surface area (Å²) in [5.41, 5.74) is -0.0227. The van der Waals surface area contributed by atoms with Gasteiger partial charge in [-0.05, 0) is 31.4 Å². The maximum Gasteiger partial charge on any atom is 0.261 e. The molecule has 27 heavy (non-hydrogen) atoms. The lowest BCUT2D eigenvalue weighted by atomic mass is 9.71. The van der Waals surface area contributed by atoms with Crippen molar-refractivity contribution < 1.29 is 14.3 Å². The van der Waals surface area contributed by atoms with Gasteiger partial charge in [-0.2, -0.15) is 0 Å². The molecule has 0 unspecified atom stereocenters. The summed E-state index contributed by atoms with van der Waals surface area (Å²) in [4.78, 5) is 29.5. The maximum atomic E-state index is 13.2. The topological polar surface area (TPSA) is 49.9 Å². The van der Waals surface area contributed by atoms with Gasteiger partial charge in [0.25, 0.3) is 5.91 Å². The molecule has 6 heteroatoms. The molecule has 0 spiro atoms. The average molecular weight is 391 g/mol. The monoisotopic (exact) mass is 390 g/mol. The number of carbonyl (C=O) groups excluding carboxylic acids is 2. The first-order valence-electron chi connectivity index (χ1n) is 9.87. The number of carbonyl (C=O) groups is 2. The fourth-order valence-electron chi connectivity index (χ4n) is 5.67. The Morgan fingerprint density at radius 1 is 1.22 bits per heavy atom. The molecule has 3 fully saturated rings. The molecule has 1 saturated carbocycles. The molecule has 1 aliphatic carbocycles. The first kappa shape index (κ1) is 18.6. The molecule has 4 rings (SSSR count). The third-order valence-electron chi connectivity index (χ3n) is 6.80. The molecule has 2 aliphatic heterocycles. The highest BCUT2D eigenvalue weighted by Crippen LogP contribution is 2.53. The summed E-state index contributed by atoms with van der Waals surface area (Å²) < 4.78 is 5.73. The van der Waals surface area contributed by atoms with Crippen LogP contribution in [0.3, 0.4) is 0 Å². The van der Waals surface area contributed by atoms with Crippen molar-refractivity contribution in [3.8, 4) is 5.75 Å². The van der Waals surface area contributed by atoms with Crippen LogP contribution >= 0.6 is 11.6 Å². The Morgan fingerprint density at radius 3 is 2.63 bits per heavy atom. The molecule has 3 aliphatic rings. The molecule has 1 aromatic rings. The van der Waals surface area contributed by atoms with Crippen molar-refractivity contribution in [1.29, 1.82) is 0 Å². The van der Waals surface area contributed by atoms with E-state index in [9.17, 15) is 9.59 Å². The molecule has 1 aromatic carbocycles. The van der Waals surface area contributed by atoms with Crippen molar-refractivity contribution in [1.82, 2.24) is 9.80 Å². The minimum Gasteiger partial charge on any atom is -0.482 e. The minimum absolute atomic E-state index is 0.000281. The van der Waals surface area contributed by atoms with Crippen molar-refractivity contribution in [2.24, 2.45) is 5.41 Å². The smallest absolute Gasteiger partial charge is 0.261 e. The second-order valence-corrected chi connectivity index (χ2v) is 8.78. The van der Waals surface area contributed by atoms with Gasteiger partial charge in [0, 0.05) is 31.0 Å². The Hall–Kier alpha value is -1.75. The van der Waals surface area contributed by atoms with E-state index in [2.05, 4.69) is 6.92 Å². The van der Waals surface area contributed by atoms with Gasteiger partial charge in [0.05, 0.1) is 11.1 Å². The summed E-state index contributed by atoms with van der Waals surface area (Å²) in [6.45, 7) is 4.56. The van der Waals surface area contributed by atoms with Crippen LogP contribution in [0.15, 0.2) is 24.3 Å². The Balaban J connectivity index is 1.57. The highest BCUT2D eigenvalue weighted by molar-refractivity contribution is 6.32. The molecular formula is C21H27ClN2O3.